The highest BCUT2D eigenvalue weighted by molar-refractivity contribution is 4.75. The summed E-state index contributed by atoms with van der Waals surface area (Å²) >= 11 is 0. The second-order valence-electron chi connectivity index (χ2n) is 2.50. The van der Waals surface area contributed by atoms with Gasteiger partial charge >= 0.3 is 0 Å². The van der Waals surface area contributed by atoms with Gasteiger partial charge in [-0.25, -0.2) is 0 Å². The molecule has 0 amide bonds. The van der Waals surface area contributed by atoms with E-state index in [0.717, 1.165) is 19.5 Å². The van der Waals surface area contributed by atoms with Gasteiger partial charge in [0.1, 0.15) is 0 Å². The van der Waals surface area contributed by atoms with Crippen LogP contribution in [0.2, 0.25) is 0 Å². The monoisotopic (exact) mass is 131 g/mol. The van der Waals surface area contributed by atoms with E-state index in [1.54, 1.807) is 0 Å². The van der Waals surface area contributed by atoms with Crippen LogP contribution in [-0.4, -0.2) is 36.0 Å². The van der Waals surface area contributed by atoms with Crippen molar-refractivity contribution in [2.24, 2.45) is 5.92 Å². The van der Waals surface area contributed by atoms with E-state index in [0.29, 0.717) is 0 Å². The molecule has 0 aromatic heterocycles. The third-order valence-electron chi connectivity index (χ3n) is 1.80. The Hall–Kier alpha value is -0.120. The van der Waals surface area contributed by atoms with E-state index in [1.165, 1.54) is 0 Å². The topological polar surface area (TPSA) is 52.5 Å². The smallest absolute Gasteiger partial charge is 0.0614 e. The summed E-state index contributed by atoms with van der Waals surface area (Å²) < 4.78 is 0. The molecule has 0 bridgehead atoms. The highest BCUT2D eigenvalue weighted by atomic mass is 16.3. The summed E-state index contributed by atoms with van der Waals surface area (Å²) in [5, 5.41) is 20.9. The predicted molar refractivity (Wildman–Crippen MR) is 34.1 cm³/mol. The molecule has 1 aliphatic heterocycles. The van der Waals surface area contributed by atoms with E-state index >= 15 is 0 Å². The first kappa shape index (κ1) is 6.99. The van der Waals surface area contributed by atoms with Crippen LogP contribution in [0.1, 0.15) is 6.42 Å². The van der Waals surface area contributed by atoms with Gasteiger partial charge in [-0.15, -0.1) is 0 Å². The maximum Gasteiger partial charge on any atom is 0.0614 e. The zero-order chi connectivity index (χ0) is 6.69. The molecular weight excluding hydrogens is 118 g/mol. The van der Waals surface area contributed by atoms with E-state index in [1.807, 2.05) is 0 Å². The molecule has 0 radical (unpaired) electrons. The number of hydrogen-bond donors (Lipinski definition) is 3. The molecule has 1 saturated heterocycles. The Morgan fingerprint density at radius 2 is 2.33 bits per heavy atom. The fraction of sp³-hybridized carbons (Fsp3) is 1.00. The van der Waals surface area contributed by atoms with Crippen LogP contribution in [0.25, 0.3) is 0 Å². The lowest BCUT2D eigenvalue weighted by Crippen LogP contribution is -2.41. The fourth-order valence-corrected chi connectivity index (χ4v) is 1.10. The Kier molecular flexibility index (Phi) is 2.45. The van der Waals surface area contributed by atoms with Gasteiger partial charge in [0.25, 0.3) is 0 Å². The molecule has 3 N–H and O–H groups in total. The average Bonchev–Trinajstić information content (AvgIpc) is 1.89. The number of nitrogens with one attached hydrogen (secondary N) is 1. The van der Waals surface area contributed by atoms with Crippen LogP contribution < -0.4 is 5.32 Å². The van der Waals surface area contributed by atoms with E-state index < -0.39 is 0 Å². The van der Waals surface area contributed by atoms with Crippen molar-refractivity contribution in [2.75, 3.05) is 19.7 Å². The van der Waals surface area contributed by atoms with Crippen molar-refractivity contribution in [1.29, 1.82) is 0 Å². The van der Waals surface area contributed by atoms with Gasteiger partial charge in [0, 0.05) is 19.1 Å². The minimum absolute atomic E-state index is 0.0544. The van der Waals surface area contributed by atoms with E-state index in [-0.39, 0.29) is 18.6 Å². The Morgan fingerprint density at radius 3 is 2.78 bits per heavy atom. The third-order valence-corrected chi connectivity index (χ3v) is 1.80. The number of aliphatic hydroxyl groups is 2. The normalized spacial score (nSPS) is 36.7. The molecule has 1 fully saturated rings. The van der Waals surface area contributed by atoms with Crippen LogP contribution in [0.15, 0.2) is 0 Å². The van der Waals surface area contributed by atoms with Gasteiger partial charge < -0.3 is 15.5 Å². The van der Waals surface area contributed by atoms with Gasteiger partial charge in [0.15, 0.2) is 0 Å². The Morgan fingerprint density at radius 1 is 1.56 bits per heavy atom. The third kappa shape index (κ3) is 1.64. The van der Waals surface area contributed by atoms with Crippen molar-refractivity contribution < 1.29 is 10.2 Å². The molecule has 0 aromatic carbocycles. The molecule has 3 heteroatoms. The van der Waals surface area contributed by atoms with Gasteiger partial charge in [-0.05, 0) is 13.0 Å². The standard InChI is InChI=1S/C6H13NO2/c8-4-5-3-7-2-1-6(5)9/h5-9H,1-4H2/t5-,6-/m1/s1. The van der Waals surface area contributed by atoms with Crippen LogP contribution >= 0.6 is 0 Å². The zero-order valence-corrected chi connectivity index (χ0v) is 5.38. The van der Waals surface area contributed by atoms with Crippen LogP contribution in [0.4, 0.5) is 0 Å². The van der Waals surface area contributed by atoms with Gasteiger partial charge in [0.2, 0.25) is 0 Å². The molecule has 9 heavy (non-hydrogen) atoms. The molecule has 0 spiro atoms. The molecular formula is C6H13NO2. The predicted octanol–water partition coefficient (Wildman–Crippen LogP) is -1.05. The molecule has 54 valence electrons. The summed E-state index contributed by atoms with van der Waals surface area (Å²) in [6.45, 7) is 1.71. The van der Waals surface area contributed by atoms with Crippen LogP contribution in [0.5, 0.6) is 0 Å². The molecule has 1 rings (SSSR count). The van der Waals surface area contributed by atoms with Gasteiger partial charge in [-0.2, -0.15) is 0 Å². The van der Waals surface area contributed by atoms with Gasteiger partial charge in [-0.3, -0.25) is 0 Å². The minimum Gasteiger partial charge on any atom is -0.396 e. The zero-order valence-electron chi connectivity index (χ0n) is 5.38. The van der Waals surface area contributed by atoms with E-state index in [4.69, 9.17) is 10.2 Å². The summed E-state index contributed by atoms with van der Waals surface area (Å²) in [6.07, 6.45) is 0.474. The lowest BCUT2D eigenvalue weighted by atomic mass is 9.97. The maximum atomic E-state index is 9.17. The number of aliphatic hydroxyl groups excluding tert-OH is 2. The quantitative estimate of drug-likeness (QED) is 0.425. The van der Waals surface area contributed by atoms with Crippen molar-refractivity contribution in [3.63, 3.8) is 0 Å². The summed E-state index contributed by atoms with van der Waals surface area (Å²) in [4.78, 5) is 0. The molecule has 3 nitrogen and oxygen atoms in total. The van der Waals surface area contributed by atoms with Crippen molar-refractivity contribution >= 4 is 0 Å². The molecule has 2 atom stereocenters. The Labute approximate surface area is 54.7 Å². The SMILES string of the molecule is OC[C@H]1CNCC[C@H]1O. The second-order valence-corrected chi connectivity index (χ2v) is 2.50. The highest BCUT2D eigenvalue weighted by Crippen LogP contribution is 2.09. The van der Waals surface area contributed by atoms with Crippen LogP contribution in [-0.2, 0) is 0 Å². The number of piperidine rings is 1. The maximum absolute atomic E-state index is 9.17. The average molecular weight is 131 g/mol. The second kappa shape index (κ2) is 3.15. The Balaban J connectivity index is 2.30. The number of rotatable bonds is 1. The molecule has 0 aromatic rings. The van der Waals surface area contributed by atoms with E-state index in [9.17, 15) is 0 Å². The summed E-state index contributed by atoms with van der Waals surface area (Å²) in [7, 11) is 0. The van der Waals surface area contributed by atoms with Gasteiger partial charge in [-0.1, -0.05) is 0 Å². The molecule has 0 unspecified atom stereocenters. The summed E-state index contributed by atoms with van der Waals surface area (Å²) in [5.74, 6) is 0.0544. The van der Waals surface area contributed by atoms with Crippen LogP contribution in [0.3, 0.4) is 0 Å². The van der Waals surface area contributed by atoms with Crippen molar-refractivity contribution in [3.05, 3.63) is 0 Å². The largest absolute Gasteiger partial charge is 0.396 e. The van der Waals surface area contributed by atoms with Crippen molar-refractivity contribution in [2.45, 2.75) is 12.5 Å². The molecule has 0 saturated carbocycles. The summed E-state index contributed by atoms with van der Waals surface area (Å²) in [6, 6.07) is 0. The molecule has 0 aliphatic carbocycles. The first-order valence-corrected chi connectivity index (χ1v) is 3.34. The minimum atomic E-state index is -0.295. The number of hydrogen-bond acceptors (Lipinski definition) is 3. The first-order valence-electron chi connectivity index (χ1n) is 3.34. The van der Waals surface area contributed by atoms with Gasteiger partial charge in [0.05, 0.1) is 6.10 Å². The molecule has 1 aliphatic rings. The highest BCUT2D eigenvalue weighted by Gasteiger charge is 2.21. The van der Waals surface area contributed by atoms with E-state index in [2.05, 4.69) is 5.32 Å². The molecule has 1 heterocycles. The summed E-state index contributed by atoms with van der Waals surface area (Å²) in [5.41, 5.74) is 0. The lowest BCUT2D eigenvalue weighted by molar-refractivity contribution is 0.0447. The lowest BCUT2D eigenvalue weighted by Gasteiger charge is -2.26. The van der Waals surface area contributed by atoms with Crippen molar-refractivity contribution in [3.8, 4) is 0 Å². The van der Waals surface area contributed by atoms with Crippen molar-refractivity contribution in [1.82, 2.24) is 5.32 Å². The fourth-order valence-electron chi connectivity index (χ4n) is 1.10. The Bertz CT molecular complexity index is 87.1. The first-order chi connectivity index (χ1) is 4.34. The van der Waals surface area contributed by atoms with Crippen LogP contribution in [0, 0.1) is 5.92 Å².